The Morgan fingerprint density at radius 1 is 1.07 bits per heavy atom. The molecule has 1 N–H and O–H groups in total. The van der Waals surface area contributed by atoms with Crippen molar-refractivity contribution in [1.82, 2.24) is 9.62 Å². The molecule has 0 radical (unpaired) electrons. The van der Waals surface area contributed by atoms with E-state index in [0.717, 1.165) is 41.5 Å². The number of rotatable bonds is 7. The third kappa shape index (κ3) is 4.91. The number of hydrogen-bond acceptors (Lipinski definition) is 3. The van der Waals surface area contributed by atoms with E-state index in [0.29, 0.717) is 37.4 Å². The van der Waals surface area contributed by atoms with Crippen LogP contribution in [0.5, 0.6) is 0 Å². The number of hydrogen-bond donors (Lipinski definition) is 1. The van der Waals surface area contributed by atoms with Crippen molar-refractivity contribution < 1.29 is 13.2 Å². The molecule has 0 spiro atoms. The molecular weight excluding hydrogens is 360 g/mol. The largest absolute Gasteiger partial charge is 0.356 e. The summed E-state index contributed by atoms with van der Waals surface area (Å²) in [7, 11) is -3.54. The van der Waals surface area contributed by atoms with Gasteiger partial charge in [-0.15, -0.1) is 0 Å². The topological polar surface area (TPSA) is 66.5 Å². The van der Waals surface area contributed by atoms with Crippen molar-refractivity contribution in [3.63, 3.8) is 0 Å². The number of nitrogens with zero attached hydrogens (tertiary/aromatic N) is 1. The molecule has 152 valence electrons. The highest BCUT2D eigenvalue weighted by atomic mass is 32.2. The van der Waals surface area contributed by atoms with Crippen LogP contribution in [0.2, 0.25) is 0 Å². The Morgan fingerprint density at radius 2 is 1.63 bits per heavy atom. The maximum absolute atomic E-state index is 13.3. The normalized spacial score (nSPS) is 16.5. The van der Waals surface area contributed by atoms with Gasteiger partial charge in [-0.25, -0.2) is 8.42 Å². The number of aryl methyl sites for hydroxylation is 2. The minimum Gasteiger partial charge on any atom is -0.356 e. The highest BCUT2D eigenvalue weighted by Gasteiger charge is 2.34. The number of carbonyl (C=O) groups is 1. The van der Waals surface area contributed by atoms with E-state index in [9.17, 15) is 13.2 Å². The van der Waals surface area contributed by atoms with Gasteiger partial charge < -0.3 is 5.32 Å². The van der Waals surface area contributed by atoms with Gasteiger partial charge in [-0.1, -0.05) is 25.8 Å². The van der Waals surface area contributed by atoms with Crippen LogP contribution in [0, 0.1) is 33.6 Å². The van der Waals surface area contributed by atoms with Gasteiger partial charge in [0.05, 0.1) is 4.90 Å². The SMILES string of the molecule is CCCCCNC(=O)C1CCN(S(=O)(=O)c2c(C)c(C)cc(C)c2C)CC1. The summed E-state index contributed by atoms with van der Waals surface area (Å²) in [6.45, 7) is 11.3. The minimum absolute atomic E-state index is 0.0712. The number of unbranched alkanes of at least 4 members (excludes halogenated alkanes) is 2. The third-order valence-electron chi connectivity index (χ3n) is 5.80. The lowest BCUT2D eigenvalue weighted by atomic mass is 9.97. The maximum atomic E-state index is 13.3. The van der Waals surface area contributed by atoms with Crippen LogP contribution in [0.15, 0.2) is 11.0 Å². The Hall–Kier alpha value is -1.40. The second-order valence-corrected chi connectivity index (χ2v) is 9.64. The molecule has 1 aliphatic rings. The Balaban J connectivity index is 2.07. The van der Waals surface area contributed by atoms with Crippen LogP contribution < -0.4 is 5.32 Å². The lowest BCUT2D eigenvalue weighted by Gasteiger charge is -2.31. The molecule has 1 saturated heterocycles. The summed E-state index contributed by atoms with van der Waals surface area (Å²) in [6, 6.07) is 2.04. The van der Waals surface area contributed by atoms with E-state index in [1.54, 1.807) is 4.31 Å². The number of nitrogens with one attached hydrogen (secondary N) is 1. The number of amides is 1. The van der Waals surface area contributed by atoms with Gasteiger partial charge in [0, 0.05) is 25.6 Å². The van der Waals surface area contributed by atoms with E-state index < -0.39 is 10.0 Å². The van der Waals surface area contributed by atoms with Crippen molar-refractivity contribution in [1.29, 1.82) is 0 Å². The molecule has 1 heterocycles. The van der Waals surface area contributed by atoms with Gasteiger partial charge in [0.15, 0.2) is 0 Å². The molecule has 2 rings (SSSR count). The van der Waals surface area contributed by atoms with Crippen LogP contribution >= 0.6 is 0 Å². The zero-order chi connectivity index (χ0) is 20.2. The monoisotopic (exact) mass is 394 g/mol. The minimum atomic E-state index is -3.54. The Labute approximate surface area is 164 Å². The molecule has 0 aliphatic carbocycles. The van der Waals surface area contributed by atoms with Gasteiger partial charge in [-0.2, -0.15) is 4.31 Å². The smallest absolute Gasteiger partial charge is 0.243 e. The molecule has 5 nitrogen and oxygen atoms in total. The molecule has 0 aromatic heterocycles. The number of benzene rings is 1. The summed E-state index contributed by atoms with van der Waals surface area (Å²) in [4.78, 5) is 12.8. The standard InChI is InChI=1S/C21H34N2O3S/c1-6-7-8-11-22-21(24)19-9-12-23(13-10-19)27(25,26)20-17(4)15(2)14-16(3)18(20)5/h14,19H,6-13H2,1-5H3,(H,22,24). The number of piperidine rings is 1. The summed E-state index contributed by atoms with van der Waals surface area (Å²) in [5.41, 5.74) is 3.65. The van der Waals surface area contributed by atoms with Crippen molar-refractivity contribution in [3.05, 3.63) is 28.3 Å². The zero-order valence-corrected chi connectivity index (χ0v) is 18.2. The Kier molecular flexibility index (Phi) is 7.46. The highest BCUT2D eigenvalue weighted by Crippen LogP contribution is 2.31. The van der Waals surface area contributed by atoms with E-state index in [1.165, 1.54) is 0 Å². The lowest BCUT2D eigenvalue weighted by molar-refractivity contribution is -0.126. The van der Waals surface area contributed by atoms with Gasteiger partial charge >= 0.3 is 0 Å². The summed E-state index contributed by atoms with van der Waals surface area (Å²) in [5.74, 6) is -0.0126. The average Bonchev–Trinajstić information content (AvgIpc) is 2.63. The predicted molar refractivity (Wildman–Crippen MR) is 109 cm³/mol. The average molecular weight is 395 g/mol. The number of sulfonamides is 1. The molecule has 1 amide bonds. The second kappa shape index (κ2) is 9.20. The molecule has 27 heavy (non-hydrogen) atoms. The van der Waals surface area contributed by atoms with Crippen LogP contribution in [0.4, 0.5) is 0 Å². The second-order valence-electron chi connectivity index (χ2n) is 7.77. The van der Waals surface area contributed by atoms with Gasteiger partial charge in [0.2, 0.25) is 15.9 Å². The van der Waals surface area contributed by atoms with E-state index in [4.69, 9.17) is 0 Å². The first kappa shape index (κ1) is 21.9. The molecule has 0 saturated carbocycles. The predicted octanol–water partition coefficient (Wildman–Crippen LogP) is 3.63. The quantitative estimate of drug-likeness (QED) is 0.718. The van der Waals surface area contributed by atoms with Crippen molar-refractivity contribution in [3.8, 4) is 0 Å². The van der Waals surface area contributed by atoms with Gasteiger partial charge in [-0.05, 0) is 69.2 Å². The van der Waals surface area contributed by atoms with Crippen LogP contribution in [0.1, 0.15) is 61.3 Å². The van der Waals surface area contributed by atoms with E-state index in [-0.39, 0.29) is 11.8 Å². The Bertz CT molecular complexity index is 753. The summed E-state index contributed by atoms with van der Waals surface area (Å²) < 4.78 is 28.1. The highest BCUT2D eigenvalue weighted by molar-refractivity contribution is 7.89. The van der Waals surface area contributed by atoms with Gasteiger partial charge in [0.25, 0.3) is 0 Å². The van der Waals surface area contributed by atoms with Crippen molar-refractivity contribution in [2.45, 2.75) is 71.6 Å². The van der Waals surface area contributed by atoms with Crippen LogP contribution in [0.3, 0.4) is 0 Å². The van der Waals surface area contributed by atoms with Gasteiger partial charge in [-0.3, -0.25) is 4.79 Å². The summed E-state index contributed by atoms with van der Waals surface area (Å²) in [6.07, 6.45) is 4.42. The molecule has 1 fully saturated rings. The molecule has 0 unspecified atom stereocenters. The van der Waals surface area contributed by atoms with Gasteiger partial charge in [0.1, 0.15) is 0 Å². The van der Waals surface area contributed by atoms with Crippen molar-refractivity contribution in [2.75, 3.05) is 19.6 Å². The summed E-state index contributed by atoms with van der Waals surface area (Å²) in [5, 5.41) is 3.00. The molecule has 1 aromatic rings. The first-order valence-corrected chi connectivity index (χ1v) is 11.5. The zero-order valence-electron chi connectivity index (χ0n) is 17.4. The van der Waals surface area contributed by atoms with Crippen LogP contribution in [-0.4, -0.2) is 38.3 Å². The molecule has 1 aromatic carbocycles. The van der Waals surface area contributed by atoms with E-state index in [1.807, 2.05) is 33.8 Å². The van der Waals surface area contributed by atoms with E-state index in [2.05, 4.69) is 12.2 Å². The molecule has 6 heteroatoms. The van der Waals surface area contributed by atoms with Crippen LogP contribution in [0.25, 0.3) is 0 Å². The molecule has 0 bridgehead atoms. The first-order chi connectivity index (χ1) is 12.7. The third-order valence-corrected chi connectivity index (χ3v) is 7.97. The fourth-order valence-electron chi connectivity index (χ4n) is 3.79. The molecular formula is C21H34N2O3S. The fraction of sp³-hybridized carbons (Fsp3) is 0.667. The first-order valence-electron chi connectivity index (χ1n) is 10.0. The van der Waals surface area contributed by atoms with Crippen molar-refractivity contribution in [2.24, 2.45) is 5.92 Å². The lowest BCUT2D eigenvalue weighted by Crippen LogP contribution is -2.43. The summed E-state index contributed by atoms with van der Waals surface area (Å²) >= 11 is 0. The van der Waals surface area contributed by atoms with E-state index >= 15 is 0 Å². The molecule has 1 aliphatic heterocycles. The molecule has 0 atom stereocenters. The maximum Gasteiger partial charge on any atom is 0.243 e. The fourth-order valence-corrected chi connectivity index (χ4v) is 5.83. The Morgan fingerprint density at radius 3 is 2.15 bits per heavy atom. The van der Waals surface area contributed by atoms with Crippen LogP contribution in [-0.2, 0) is 14.8 Å². The number of carbonyl (C=O) groups excluding carboxylic acids is 1. The van der Waals surface area contributed by atoms with Crippen molar-refractivity contribution >= 4 is 15.9 Å².